The van der Waals surface area contributed by atoms with Crippen LogP contribution in [-0.4, -0.2) is 12.0 Å². The number of benzene rings is 1. The highest BCUT2D eigenvalue weighted by Crippen LogP contribution is 2.35. The molecule has 3 aromatic rings. The molecule has 2 heterocycles. The first-order valence-electron chi connectivity index (χ1n) is 6.28. The summed E-state index contributed by atoms with van der Waals surface area (Å²) in [5, 5.41) is 8.14. The van der Waals surface area contributed by atoms with Crippen molar-refractivity contribution >= 4 is 32.8 Å². The van der Waals surface area contributed by atoms with Gasteiger partial charge in [-0.2, -0.15) is 0 Å². The summed E-state index contributed by atoms with van der Waals surface area (Å²) in [6, 6.07) is 8.75. The molecule has 0 radical (unpaired) electrons. The van der Waals surface area contributed by atoms with Crippen LogP contribution in [0.4, 0.5) is 0 Å². The average Bonchev–Trinajstić information content (AvgIpc) is 2.97. The van der Waals surface area contributed by atoms with Crippen molar-refractivity contribution in [1.29, 1.82) is 0 Å². The predicted octanol–water partition coefficient (Wildman–Crippen LogP) is 4.28. The van der Waals surface area contributed by atoms with Crippen molar-refractivity contribution in [3.05, 3.63) is 50.8 Å². The number of aryl methyl sites for hydroxylation is 2. The Morgan fingerprint density at radius 2 is 2.00 bits per heavy atom. The predicted molar refractivity (Wildman–Crippen MR) is 84.3 cm³/mol. The van der Waals surface area contributed by atoms with E-state index >= 15 is 0 Å². The minimum Gasteiger partial charge on any atom is -0.307 e. The zero-order valence-corrected chi connectivity index (χ0v) is 12.9. The van der Waals surface area contributed by atoms with E-state index in [1.807, 2.05) is 7.05 Å². The Morgan fingerprint density at radius 1 is 1.21 bits per heavy atom. The fourth-order valence-corrected chi connectivity index (χ4v) is 4.29. The lowest BCUT2D eigenvalue weighted by Gasteiger charge is -2.12. The van der Waals surface area contributed by atoms with Gasteiger partial charge in [0.05, 0.1) is 11.7 Å². The number of hydrogen-bond acceptors (Lipinski definition) is 4. The highest BCUT2D eigenvalue weighted by molar-refractivity contribution is 7.17. The largest absolute Gasteiger partial charge is 0.307 e. The van der Waals surface area contributed by atoms with E-state index in [1.54, 1.807) is 22.7 Å². The molecule has 1 aromatic carbocycles. The van der Waals surface area contributed by atoms with Crippen molar-refractivity contribution in [2.75, 3.05) is 7.05 Å². The summed E-state index contributed by atoms with van der Waals surface area (Å²) >= 11 is 3.59. The molecule has 1 atom stereocenters. The third-order valence-corrected chi connectivity index (χ3v) is 5.52. The van der Waals surface area contributed by atoms with E-state index in [0.29, 0.717) is 0 Å². The molecule has 2 aromatic heterocycles. The average molecular weight is 288 g/mol. The molecule has 0 aliphatic carbocycles. The molecule has 0 aliphatic heterocycles. The molecule has 0 saturated heterocycles. The van der Waals surface area contributed by atoms with Crippen LogP contribution in [-0.2, 0) is 0 Å². The van der Waals surface area contributed by atoms with Crippen molar-refractivity contribution in [3.63, 3.8) is 0 Å². The third-order valence-electron chi connectivity index (χ3n) is 3.40. The number of nitrogens with zero attached hydrogens (tertiary/aromatic N) is 1. The van der Waals surface area contributed by atoms with Crippen molar-refractivity contribution in [2.45, 2.75) is 19.9 Å². The van der Waals surface area contributed by atoms with Gasteiger partial charge in [0.1, 0.15) is 5.01 Å². The molecule has 2 nitrogen and oxygen atoms in total. The summed E-state index contributed by atoms with van der Waals surface area (Å²) in [6.45, 7) is 4.21. The monoisotopic (exact) mass is 288 g/mol. The number of fused-ring (bicyclic) bond motifs is 1. The Labute approximate surface area is 121 Å². The van der Waals surface area contributed by atoms with Crippen LogP contribution in [0.2, 0.25) is 0 Å². The topological polar surface area (TPSA) is 24.9 Å². The molecule has 19 heavy (non-hydrogen) atoms. The van der Waals surface area contributed by atoms with Crippen LogP contribution in [0.1, 0.15) is 27.2 Å². The molecule has 0 spiro atoms. The number of hydrogen-bond donors (Lipinski definition) is 1. The van der Waals surface area contributed by atoms with Crippen LogP contribution in [0.15, 0.2) is 29.6 Å². The summed E-state index contributed by atoms with van der Waals surface area (Å²) in [6.07, 6.45) is 0. The quantitative estimate of drug-likeness (QED) is 0.778. The van der Waals surface area contributed by atoms with Gasteiger partial charge in [0.25, 0.3) is 0 Å². The van der Waals surface area contributed by atoms with E-state index in [1.165, 1.54) is 20.5 Å². The van der Waals surface area contributed by atoms with E-state index in [2.05, 4.69) is 48.8 Å². The summed E-state index contributed by atoms with van der Waals surface area (Å²) in [5.74, 6) is 0. The van der Waals surface area contributed by atoms with E-state index in [9.17, 15) is 0 Å². The number of thiazole rings is 1. The Kier molecular flexibility index (Phi) is 3.39. The van der Waals surface area contributed by atoms with Gasteiger partial charge >= 0.3 is 0 Å². The van der Waals surface area contributed by atoms with E-state index in [4.69, 9.17) is 4.98 Å². The zero-order valence-electron chi connectivity index (χ0n) is 11.2. The van der Waals surface area contributed by atoms with Gasteiger partial charge in [-0.05, 0) is 43.3 Å². The van der Waals surface area contributed by atoms with Gasteiger partial charge in [0.2, 0.25) is 0 Å². The van der Waals surface area contributed by atoms with Crippen LogP contribution < -0.4 is 5.32 Å². The molecular weight excluding hydrogens is 272 g/mol. The lowest BCUT2D eigenvalue weighted by molar-refractivity contribution is 0.691. The first-order valence-corrected chi connectivity index (χ1v) is 7.97. The number of nitrogens with one attached hydrogen (secondary N) is 1. The minimum atomic E-state index is 0.188. The third kappa shape index (κ3) is 2.20. The standard InChI is InChI=1S/C15H16N2S2/c1-9-10(2)19-15(17-9)14(16-3)12-8-18-13-7-5-4-6-11(12)13/h4-8,14,16H,1-3H3. The van der Waals surface area contributed by atoms with Crippen molar-refractivity contribution in [3.8, 4) is 0 Å². The Morgan fingerprint density at radius 3 is 2.68 bits per heavy atom. The maximum absolute atomic E-state index is 4.70. The van der Waals surface area contributed by atoms with Gasteiger partial charge in [-0.15, -0.1) is 22.7 Å². The first kappa shape index (κ1) is 12.8. The molecule has 0 saturated carbocycles. The highest BCUT2D eigenvalue weighted by atomic mass is 32.1. The molecule has 0 fully saturated rings. The van der Waals surface area contributed by atoms with Crippen LogP contribution >= 0.6 is 22.7 Å². The molecular formula is C15H16N2S2. The van der Waals surface area contributed by atoms with Crippen LogP contribution in [0.5, 0.6) is 0 Å². The molecule has 1 N–H and O–H groups in total. The number of thiophene rings is 1. The van der Waals surface area contributed by atoms with Crippen molar-refractivity contribution < 1.29 is 0 Å². The second-order valence-corrected chi connectivity index (χ2v) is 6.75. The molecule has 0 bridgehead atoms. The normalized spacial score (nSPS) is 13.0. The minimum absolute atomic E-state index is 0.188. The second-order valence-electron chi connectivity index (χ2n) is 4.60. The lowest BCUT2D eigenvalue weighted by atomic mass is 10.1. The number of rotatable bonds is 3. The molecule has 98 valence electrons. The van der Waals surface area contributed by atoms with Gasteiger partial charge in [-0.1, -0.05) is 18.2 Å². The first-order chi connectivity index (χ1) is 9.20. The van der Waals surface area contributed by atoms with Gasteiger partial charge < -0.3 is 5.32 Å². The second kappa shape index (κ2) is 5.04. The SMILES string of the molecule is CNC(c1nc(C)c(C)s1)c1csc2ccccc12. The van der Waals surface area contributed by atoms with Crippen LogP contribution in [0.3, 0.4) is 0 Å². The maximum atomic E-state index is 4.70. The fourth-order valence-electron chi connectivity index (χ4n) is 2.25. The zero-order chi connectivity index (χ0) is 13.4. The van der Waals surface area contributed by atoms with Crippen LogP contribution in [0, 0.1) is 13.8 Å². The summed E-state index contributed by atoms with van der Waals surface area (Å²) in [4.78, 5) is 6.01. The Hall–Kier alpha value is -1.23. The van der Waals surface area contributed by atoms with Crippen LogP contribution in [0.25, 0.3) is 10.1 Å². The van der Waals surface area contributed by atoms with Crippen molar-refractivity contribution in [2.24, 2.45) is 0 Å². The van der Waals surface area contributed by atoms with E-state index in [0.717, 1.165) is 10.7 Å². The molecule has 0 amide bonds. The van der Waals surface area contributed by atoms with Gasteiger partial charge in [0.15, 0.2) is 0 Å². The van der Waals surface area contributed by atoms with E-state index < -0.39 is 0 Å². The summed E-state index contributed by atoms with van der Waals surface area (Å²) in [7, 11) is 2.00. The maximum Gasteiger partial charge on any atom is 0.115 e. The molecule has 3 rings (SSSR count). The highest BCUT2D eigenvalue weighted by Gasteiger charge is 2.20. The van der Waals surface area contributed by atoms with Crippen molar-refractivity contribution in [1.82, 2.24) is 10.3 Å². The Balaban J connectivity index is 2.12. The summed E-state index contributed by atoms with van der Waals surface area (Å²) in [5.41, 5.74) is 2.47. The number of aromatic nitrogens is 1. The van der Waals surface area contributed by atoms with Gasteiger partial charge in [-0.25, -0.2) is 4.98 Å². The molecule has 1 unspecified atom stereocenters. The Bertz CT molecular complexity index is 692. The summed E-state index contributed by atoms with van der Waals surface area (Å²) < 4.78 is 1.34. The van der Waals surface area contributed by atoms with E-state index in [-0.39, 0.29) is 6.04 Å². The molecule has 4 heteroatoms. The fraction of sp³-hybridized carbons (Fsp3) is 0.267. The van der Waals surface area contributed by atoms with Gasteiger partial charge in [-0.3, -0.25) is 0 Å². The molecule has 0 aliphatic rings. The lowest BCUT2D eigenvalue weighted by Crippen LogP contribution is -2.17. The smallest absolute Gasteiger partial charge is 0.115 e. The van der Waals surface area contributed by atoms with Gasteiger partial charge in [0, 0.05) is 9.58 Å².